The zero-order chi connectivity index (χ0) is 14.5. The van der Waals surface area contributed by atoms with Crippen LogP contribution in [0.4, 0.5) is 11.4 Å². The van der Waals surface area contributed by atoms with Gasteiger partial charge in [-0.05, 0) is 37.1 Å². The van der Waals surface area contributed by atoms with Crippen molar-refractivity contribution >= 4 is 33.2 Å². The highest BCUT2D eigenvalue weighted by atomic mass is 79.9. The molecule has 0 aromatic heterocycles. The number of halogens is 1. The number of carbonyl (C=O) groups is 1. The van der Waals surface area contributed by atoms with Gasteiger partial charge in [-0.3, -0.25) is 4.79 Å². The van der Waals surface area contributed by atoms with E-state index in [1.165, 1.54) is 5.56 Å². The van der Waals surface area contributed by atoms with Gasteiger partial charge in [0.05, 0.1) is 11.4 Å². The van der Waals surface area contributed by atoms with E-state index in [1.54, 1.807) is 12.1 Å². The molecule has 0 atom stereocenters. The molecule has 2 aromatic rings. The first-order chi connectivity index (χ1) is 9.54. The van der Waals surface area contributed by atoms with E-state index in [0.717, 1.165) is 16.5 Å². The molecule has 0 aliphatic rings. The van der Waals surface area contributed by atoms with Crippen LogP contribution in [0.25, 0.3) is 0 Å². The molecule has 104 valence electrons. The second-order valence-electron chi connectivity index (χ2n) is 4.77. The summed E-state index contributed by atoms with van der Waals surface area (Å²) < 4.78 is 0.896. The molecule has 3 nitrogen and oxygen atoms in total. The molecule has 0 unspecified atom stereocenters. The van der Waals surface area contributed by atoms with Crippen molar-refractivity contribution in [1.82, 2.24) is 0 Å². The lowest BCUT2D eigenvalue weighted by atomic mass is 10.1. The summed E-state index contributed by atoms with van der Waals surface area (Å²) in [4.78, 5) is 11.9. The Morgan fingerprint density at radius 1 is 1.20 bits per heavy atom. The van der Waals surface area contributed by atoms with Crippen molar-refractivity contribution in [2.24, 2.45) is 0 Å². The molecule has 2 rings (SSSR count). The summed E-state index contributed by atoms with van der Waals surface area (Å²) in [6.45, 7) is 2.05. The SMILES string of the molecule is Cc1ccc(CCC(=O)Nc2ccc(Br)cc2N)cc1. The lowest BCUT2D eigenvalue weighted by Gasteiger charge is -2.08. The summed E-state index contributed by atoms with van der Waals surface area (Å²) in [6, 6.07) is 13.6. The summed E-state index contributed by atoms with van der Waals surface area (Å²) in [7, 11) is 0. The molecular weight excluding hydrogens is 316 g/mol. The minimum Gasteiger partial charge on any atom is -0.397 e. The second kappa shape index (κ2) is 6.57. The van der Waals surface area contributed by atoms with Crippen molar-refractivity contribution in [3.8, 4) is 0 Å². The van der Waals surface area contributed by atoms with Gasteiger partial charge < -0.3 is 11.1 Å². The third kappa shape index (κ3) is 4.10. The maximum atomic E-state index is 11.9. The Morgan fingerprint density at radius 2 is 1.90 bits per heavy atom. The Bertz CT molecular complexity index is 608. The first-order valence-electron chi connectivity index (χ1n) is 6.45. The first kappa shape index (κ1) is 14.6. The van der Waals surface area contributed by atoms with E-state index in [4.69, 9.17) is 5.73 Å². The summed E-state index contributed by atoms with van der Waals surface area (Å²) in [5.41, 5.74) is 9.45. The van der Waals surface area contributed by atoms with E-state index in [-0.39, 0.29) is 5.91 Å². The van der Waals surface area contributed by atoms with Crippen LogP contribution in [-0.4, -0.2) is 5.91 Å². The number of anilines is 2. The van der Waals surface area contributed by atoms with Gasteiger partial charge in [-0.15, -0.1) is 0 Å². The van der Waals surface area contributed by atoms with Crippen LogP contribution in [0.1, 0.15) is 17.5 Å². The van der Waals surface area contributed by atoms with Crippen LogP contribution in [0.5, 0.6) is 0 Å². The number of amides is 1. The minimum absolute atomic E-state index is 0.0282. The van der Waals surface area contributed by atoms with Crippen LogP contribution < -0.4 is 11.1 Å². The normalized spacial score (nSPS) is 10.3. The van der Waals surface area contributed by atoms with Gasteiger partial charge in [0.1, 0.15) is 0 Å². The average Bonchev–Trinajstić information content (AvgIpc) is 2.41. The number of nitrogens with one attached hydrogen (secondary N) is 1. The fraction of sp³-hybridized carbons (Fsp3) is 0.188. The van der Waals surface area contributed by atoms with E-state index in [1.807, 2.05) is 13.0 Å². The largest absolute Gasteiger partial charge is 0.397 e. The van der Waals surface area contributed by atoms with Crippen LogP contribution in [0.15, 0.2) is 46.9 Å². The minimum atomic E-state index is -0.0282. The molecule has 0 aliphatic heterocycles. The third-order valence-corrected chi connectivity index (χ3v) is 3.54. The smallest absolute Gasteiger partial charge is 0.224 e. The number of benzene rings is 2. The van der Waals surface area contributed by atoms with Crippen LogP contribution in [0.3, 0.4) is 0 Å². The number of rotatable bonds is 4. The molecule has 0 fully saturated rings. The van der Waals surface area contributed by atoms with Crippen molar-refractivity contribution in [2.45, 2.75) is 19.8 Å². The number of hydrogen-bond donors (Lipinski definition) is 2. The molecular formula is C16H17BrN2O. The predicted octanol–water partition coefficient (Wildman–Crippen LogP) is 3.91. The molecule has 4 heteroatoms. The standard InChI is InChI=1S/C16H17BrN2O/c1-11-2-4-12(5-3-11)6-9-16(20)19-15-8-7-13(17)10-14(15)18/h2-5,7-8,10H,6,9,18H2,1H3,(H,19,20). The highest BCUT2D eigenvalue weighted by molar-refractivity contribution is 9.10. The first-order valence-corrected chi connectivity index (χ1v) is 7.24. The topological polar surface area (TPSA) is 55.1 Å². The predicted molar refractivity (Wildman–Crippen MR) is 86.7 cm³/mol. The fourth-order valence-corrected chi connectivity index (χ4v) is 2.25. The maximum Gasteiger partial charge on any atom is 0.224 e. The molecule has 0 bridgehead atoms. The quantitative estimate of drug-likeness (QED) is 0.834. The van der Waals surface area contributed by atoms with Gasteiger partial charge in [0.25, 0.3) is 0 Å². The van der Waals surface area contributed by atoms with Crippen molar-refractivity contribution in [2.75, 3.05) is 11.1 Å². The highest BCUT2D eigenvalue weighted by Crippen LogP contribution is 2.23. The van der Waals surface area contributed by atoms with Gasteiger partial charge in [-0.1, -0.05) is 45.8 Å². The number of hydrogen-bond acceptors (Lipinski definition) is 2. The molecule has 0 radical (unpaired) electrons. The molecule has 0 saturated heterocycles. The van der Waals surface area contributed by atoms with E-state index in [9.17, 15) is 4.79 Å². The van der Waals surface area contributed by atoms with Crippen molar-refractivity contribution < 1.29 is 4.79 Å². The Morgan fingerprint density at radius 3 is 2.55 bits per heavy atom. The molecule has 1 amide bonds. The van der Waals surface area contributed by atoms with Gasteiger partial charge in [-0.25, -0.2) is 0 Å². The molecule has 0 aliphatic carbocycles. The Hall–Kier alpha value is -1.81. The maximum absolute atomic E-state index is 11.9. The molecule has 0 spiro atoms. The van der Waals surface area contributed by atoms with Gasteiger partial charge in [0.2, 0.25) is 5.91 Å². The number of aryl methyl sites for hydroxylation is 2. The summed E-state index contributed by atoms with van der Waals surface area (Å²) in [5.74, 6) is -0.0282. The molecule has 0 saturated carbocycles. The van der Waals surface area contributed by atoms with E-state index < -0.39 is 0 Å². The Kier molecular flexibility index (Phi) is 4.79. The van der Waals surface area contributed by atoms with Crippen LogP contribution >= 0.6 is 15.9 Å². The summed E-state index contributed by atoms with van der Waals surface area (Å²) in [6.07, 6.45) is 1.17. The lowest BCUT2D eigenvalue weighted by molar-refractivity contribution is -0.116. The molecule has 2 aromatic carbocycles. The Labute approximate surface area is 127 Å². The van der Waals surface area contributed by atoms with Crippen molar-refractivity contribution in [3.05, 3.63) is 58.1 Å². The number of nitrogen functional groups attached to an aromatic ring is 1. The number of nitrogens with two attached hydrogens (primary N) is 1. The second-order valence-corrected chi connectivity index (χ2v) is 5.68. The van der Waals surface area contributed by atoms with Gasteiger partial charge in [0.15, 0.2) is 0 Å². The lowest BCUT2D eigenvalue weighted by Crippen LogP contribution is -2.13. The van der Waals surface area contributed by atoms with E-state index in [0.29, 0.717) is 17.8 Å². The van der Waals surface area contributed by atoms with E-state index >= 15 is 0 Å². The zero-order valence-corrected chi connectivity index (χ0v) is 12.9. The van der Waals surface area contributed by atoms with Gasteiger partial charge in [-0.2, -0.15) is 0 Å². The zero-order valence-electron chi connectivity index (χ0n) is 11.3. The van der Waals surface area contributed by atoms with Gasteiger partial charge >= 0.3 is 0 Å². The summed E-state index contributed by atoms with van der Waals surface area (Å²) in [5, 5.41) is 2.83. The van der Waals surface area contributed by atoms with Crippen LogP contribution in [0.2, 0.25) is 0 Å². The van der Waals surface area contributed by atoms with Crippen LogP contribution in [0, 0.1) is 6.92 Å². The molecule has 3 N–H and O–H groups in total. The number of carbonyl (C=O) groups excluding carboxylic acids is 1. The van der Waals surface area contributed by atoms with Crippen LogP contribution in [-0.2, 0) is 11.2 Å². The van der Waals surface area contributed by atoms with E-state index in [2.05, 4.69) is 45.5 Å². The van der Waals surface area contributed by atoms with Crippen molar-refractivity contribution in [3.63, 3.8) is 0 Å². The Balaban J connectivity index is 1.90. The fourth-order valence-electron chi connectivity index (χ4n) is 1.87. The van der Waals surface area contributed by atoms with Crippen molar-refractivity contribution in [1.29, 1.82) is 0 Å². The molecule has 20 heavy (non-hydrogen) atoms. The average molecular weight is 333 g/mol. The summed E-state index contributed by atoms with van der Waals surface area (Å²) >= 11 is 3.34. The highest BCUT2D eigenvalue weighted by Gasteiger charge is 2.06. The third-order valence-electron chi connectivity index (χ3n) is 3.05. The molecule has 0 heterocycles. The van der Waals surface area contributed by atoms with Gasteiger partial charge in [0, 0.05) is 10.9 Å². The monoisotopic (exact) mass is 332 g/mol.